The second kappa shape index (κ2) is 15.2. The van der Waals surface area contributed by atoms with E-state index in [1.807, 2.05) is 0 Å². The Labute approximate surface area is 378 Å². The van der Waals surface area contributed by atoms with Crippen LogP contribution in [0.15, 0.2) is 48.5 Å². The minimum Gasteiger partial charge on any atom is -0.478 e. The van der Waals surface area contributed by atoms with Gasteiger partial charge in [-0.2, -0.15) is 4.98 Å². The summed E-state index contributed by atoms with van der Waals surface area (Å²) >= 11 is 0. The second-order valence-electron chi connectivity index (χ2n) is 14.3. The molecule has 332 valence electrons. The molecule has 0 fully saturated rings. The van der Waals surface area contributed by atoms with E-state index < -0.39 is 115 Å². The Bertz CT molecular complexity index is 3310. The van der Waals surface area contributed by atoms with Crippen molar-refractivity contribution in [3.05, 3.63) is 107 Å². The Morgan fingerprint density at radius 2 is 0.507 bits per heavy atom. The normalized spacial score (nSPS) is 11.3. The third-order valence-corrected chi connectivity index (χ3v) is 10.7. The fraction of sp³-hybridized carbons (Fsp3) is 0. The summed E-state index contributed by atoms with van der Waals surface area (Å²) in [5.41, 5.74) is -8.14. The fourth-order valence-electron chi connectivity index (χ4n) is 7.74. The number of benzene rings is 4. The number of carbonyl (C=O) groups is 8. The summed E-state index contributed by atoms with van der Waals surface area (Å²) in [6.45, 7) is 0. The Balaban J connectivity index is 0.00000608. The largest absolute Gasteiger partial charge is 2.00 e. The van der Waals surface area contributed by atoms with Crippen molar-refractivity contribution >= 4 is 91.9 Å². The van der Waals surface area contributed by atoms with Crippen LogP contribution in [0.25, 0.3) is 89.7 Å². The van der Waals surface area contributed by atoms with Crippen molar-refractivity contribution in [3.8, 4) is 45.6 Å². The van der Waals surface area contributed by atoms with Crippen molar-refractivity contribution in [2.24, 2.45) is 0 Å². The smallest absolute Gasteiger partial charge is 0.478 e. The molecular formula is C42H20FeN8O16. The predicted octanol–water partition coefficient (Wildman–Crippen LogP) is 2.77. The van der Waals surface area contributed by atoms with Gasteiger partial charge in [0.15, 0.2) is 11.5 Å². The molecule has 8 N–H and O–H groups in total. The molecule has 0 saturated heterocycles. The van der Waals surface area contributed by atoms with E-state index in [0.29, 0.717) is 0 Å². The van der Waals surface area contributed by atoms with Crippen LogP contribution in [0.2, 0.25) is 0 Å². The van der Waals surface area contributed by atoms with E-state index in [-0.39, 0.29) is 84.2 Å². The number of aromatic carboxylic acids is 8. The van der Waals surface area contributed by atoms with E-state index in [1.54, 1.807) is 0 Å². The zero-order valence-corrected chi connectivity index (χ0v) is 33.9. The molecule has 24 nitrogen and oxygen atoms in total. The minimum absolute atomic E-state index is 0. The number of rotatable bonds is 8. The van der Waals surface area contributed by atoms with Crippen LogP contribution in [0, 0.1) is 14.1 Å². The van der Waals surface area contributed by atoms with Crippen LogP contribution >= 0.6 is 0 Å². The van der Waals surface area contributed by atoms with Gasteiger partial charge < -0.3 is 74.9 Å². The van der Waals surface area contributed by atoms with Gasteiger partial charge in [-0.25, -0.2) is 38.4 Å². The molecule has 5 heterocycles. The van der Waals surface area contributed by atoms with Crippen molar-refractivity contribution in [2.75, 3.05) is 0 Å². The molecule has 9 rings (SSSR count). The average Bonchev–Trinajstić information content (AvgIpc) is 3.93. The molecule has 0 unspecified atom stereocenters. The van der Waals surface area contributed by atoms with Crippen molar-refractivity contribution in [3.63, 3.8) is 0 Å². The van der Waals surface area contributed by atoms with Gasteiger partial charge >= 0.3 is 64.8 Å². The van der Waals surface area contributed by atoms with Crippen LogP contribution in [0.4, 0.5) is 0 Å². The molecule has 3 aromatic heterocycles. The van der Waals surface area contributed by atoms with E-state index in [9.17, 15) is 79.2 Å². The van der Waals surface area contributed by atoms with Crippen molar-refractivity contribution in [2.45, 2.75) is 0 Å². The van der Waals surface area contributed by atoms with E-state index in [4.69, 9.17) is 0 Å². The van der Waals surface area contributed by atoms with Gasteiger partial charge in [-0.1, -0.05) is 14.1 Å². The summed E-state index contributed by atoms with van der Waals surface area (Å²) in [5.74, 6) is -14.8. The van der Waals surface area contributed by atoms with Crippen LogP contribution < -0.4 is 19.1 Å². The van der Waals surface area contributed by atoms with Crippen LogP contribution in [0.5, 0.6) is 0 Å². The molecule has 0 saturated carbocycles. The Hall–Kier alpha value is -9.74. The summed E-state index contributed by atoms with van der Waals surface area (Å²) in [7, 11) is 7.98. The van der Waals surface area contributed by atoms with Gasteiger partial charge in [0.1, 0.15) is 0 Å². The molecule has 0 aliphatic carbocycles. The summed E-state index contributed by atoms with van der Waals surface area (Å²) in [6.07, 6.45) is 0. The van der Waals surface area contributed by atoms with Crippen LogP contribution in [-0.4, -0.2) is 109 Å². The topological polar surface area (TPSA) is 386 Å². The van der Waals surface area contributed by atoms with Gasteiger partial charge in [0.2, 0.25) is 0 Å². The molecular weight excluding hydrogens is 928 g/mol. The average molecular weight is 949 g/mol. The molecule has 7 aromatic rings. The fourth-order valence-corrected chi connectivity index (χ4v) is 7.74. The molecule has 0 atom stereocenters. The van der Waals surface area contributed by atoms with Crippen LogP contribution in [0.1, 0.15) is 82.9 Å². The molecule has 67 heavy (non-hydrogen) atoms. The van der Waals surface area contributed by atoms with E-state index in [2.05, 4.69) is 44.0 Å². The number of fused-ring (bicyclic) bond motifs is 20. The predicted molar refractivity (Wildman–Crippen MR) is 216 cm³/mol. The first-order valence-electron chi connectivity index (χ1n) is 18.3. The summed E-state index contributed by atoms with van der Waals surface area (Å²) < 4.78 is 1.97. The molecule has 0 radical (unpaired) electrons. The number of aromatic nitrogens is 8. The first-order chi connectivity index (χ1) is 31.2. The SMILES string of the molecule is [CH2-][n+]1c2nc3[n-]c(nc4[n+]([CH2-])c(nc5[n-]c(nc1-c1cc(C(=O)O)c(C(=O)O)cc1-2)c1cc(C(=O)O)c(C(=O)O)cc51)-c1cc(C(=O)O)c(C(=O)O)cc1-4)c1cc(C(=O)O)c(C(=O)O)cc31.[Fe+2]. The molecule has 4 aromatic carbocycles. The van der Waals surface area contributed by atoms with Crippen molar-refractivity contribution < 1.29 is 105 Å². The van der Waals surface area contributed by atoms with Gasteiger partial charge in [0.05, 0.1) is 44.5 Å². The van der Waals surface area contributed by atoms with Crippen LogP contribution in [0.3, 0.4) is 0 Å². The maximum absolute atomic E-state index is 12.4. The van der Waals surface area contributed by atoms with Gasteiger partial charge in [-0.3, -0.25) is 0 Å². The number of hydrogen-bond donors (Lipinski definition) is 8. The van der Waals surface area contributed by atoms with Gasteiger partial charge in [0.25, 0.3) is 0 Å². The molecule has 2 aliphatic heterocycles. The maximum Gasteiger partial charge on any atom is 2.00 e. The Morgan fingerprint density at radius 3 is 0.672 bits per heavy atom. The molecule has 8 bridgehead atoms. The molecule has 0 spiro atoms. The number of hydrogen-bond acceptors (Lipinski definition) is 12. The monoisotopic (exact) mass is 948 g/mol. The van der Waals surface area contributed by atoms with E-state index >= 15 is 0 Å². The number of carboxylic acids is 8. The molecule has 2 aliphatic rings. The number of nitrogens with zero attached hydrogens (tertiary/aromatic N) is 8. The zero-order valence-electron chi connectivity index (χ0n) is 32.8. The maximum atomic E-state index is 12.4. The first-order valence-corrected chi connectivity index (χ1v) is 18.3. The summed E-state index contributed by atoms with van der Waals surface area (Å²) in [4.78, 5) is 127. The van der Waals surface area contributed by atoms with Crippen molar-refractivity contribution in [1.29, 1.82) is 0 Å². The molecule has 25 heteroatoms. The summed E-state index contributed by atoms with van der Waals surface area (Å²) in [5, 5.41) is 80.0. The van der Waals surface area contributed by atoms with Gasteiger partial charge in [-0.05, 0) is 86.9 Å². The van der Waals surface area contributed by atoms with Gasteiger partial charge in [0, 0.05) is 39.8 Å². The van der Waals surface area contributed by atoms with E-state index in [0.717, 1.165) is 57.7 Å². The molecule has 0 amide bonds. The Kier molecular flexibility index (Phi) is 9.97. The zero-order chi connectivity index (χ0) is 47.5. The first kappa shape index (κ1) is 43.9. The standard InChI is InChI=1S/C42H22N8O16.Fe/c1-49-31-15-7-23(39(59)60)24(40(61)62)8-16(15)32(49)46-28-12-4-20(36(53)54)22(38(57)58)6-14(12)30(44-28)48-34-18-10-26(42(65)66)25(41(63)64)9-17(18)33(50(34)2)47-29-13-5-21(37(55)56)19(35(51)52)3-11(13)27(43-29)45-31;/h3-10H,1-2H2,(H10,43,44,45,46,47,48,51,52,53,54,55,56,57,58,59,60,61,62,63,64,65,66);/q;+2/p-2. The third-order valence-electron chi connectivity index (χ3n) is 10.7. The summed E-state index contributed by atoms with van der Waals surface area (Å²) in [6, 6.07) is 7.43. The second-order valence-corrected chi connectivity index (χ2v) is 14.3. The number of carboxylic acid groups (broad SMARTS) is 8. The van der Waals surface area contributed by atoms with Crippen molar-refractivity contribution in [1.82, 2.24) is 29.9 Å². The van der Waals surface area contributed by atoms with Gasteiger partial charge in [-0.15, -0.1) is 0 Å². The minimum atomic E-state index is -1.69. The third kappa shape index (κ3) is 6.61. The van der Waals surface area contributed by atoms with E-state index in [1.165, 1.54) is 0 Å². The Morgan fingerprint density at radius 1 is 0.343 bits per heavy atom. The van der Waals surface area contributed by atoms with Crippen LogP contribution in [-0.2, 0) is 17.1 Å². The quantitative estimate of drug-likeness (QED) is 0.0616.